The van der Waals surface area contributed by atoms with Gasteiger partial charge in [-0.25, -0.2) is 4.98 Å². The number of carbonyl (C=O) groups excluding carboxylic acids is 3. The lowest BCUT2D eigenvalue weighted by molar-refractivity contribution is -0.153. The molecule has 0 aromatic carbocycles. The molecule has 0 N–H and O–H groups in total. The molecule has 0 bridgehead atoms. The number of ketones is 1. The summed E-state index contributed by atoms with van der Waals surface area (Å²) in [4.78, 5) is 46.0. The average molecular weight is 546 g/mol. The summed E-state index contributed by atoms with van der Waals surface area (Å²) in [7, 11) is 1.42. The fraction of sp³-hybridized carbons (Fsp3) is 0.407. The maximum atomic E-state index is 13.1. The summed E-state index contributed by atoms with van der Waals surface area (Å²) in [6, 6.07) is 9.79. The highest BCUT2D eigenvalue weighted by atomic mass is 32.1. The highest BCUT2D eigenvalue weighted by Crippen LogP contribution is 2.38. The van der Waals surface area contributed by atoms with Crippen LogP contribution in [0.4, 0.5) is 0 Å². The third-order valence-corrected chi connectivity index (χ3v) is 7.79. The van der Waals surface area contributed by atoms with Gasteiger partial charge in [0.05, 0.1) is 18.9 Å². The maximum Gasteiger partial charge on any atom is 0.309 e. The molecule has 3 heterocycles. The molecule has 0 radical (unpaired) electrons. The van der Waals surface area contributed by atoms with Crippen molar-refractivity contribution < 1.29 is 33.3 Å². The zero-order chi connectivity index (χ0) is 27.1. The normalized spacial score (nSPS) is 12.6. The minimum Gasteiger partial charge on any atom is -0.493 e. The van der Waals surface area contributed by atoms with Gasteiger partial charge in [-0.1, -0.05) is 6.92 Å². The Morgan fingerprint density at radius 2 is 1.59 bits per heavy atom. The number of aromatic nitrogens is 1. The van der Waals surface area contributed by atoms with E-state index in [9.17, 15) is 14.4 Å². The molecular formula is C27H31NO7S2. The topological polar surface area (TPSA) is 101 Å². The van der Waals surface area contributed by atoms with Gasteiger partial charge in [-0.2, -0.15) is 0 Å². The first-order valence-corrected chi connectivity index (χ1v) is 13.4. The summed E-state index contributed by atoms with van der Waals surface area (Å²) in [6.07, 6.45) is 0.835. The van der Waals surface area contributed by atoms with Crippen LogP contribution >= 0.6 is 22.7 Å². The highest BCUT2D eigenvalue weighted by molar-refractivity contribution is 7.13. The van der Waals surface area contributed by atoms with E-state index >= 15 is 0 Å². The second kappa shape index (κ2) is 12.8. The molecule has 0 aliphatic rings. The fourth-order valence-electron chi connectivity index (χ4n) is 3.77. The van der Waals surface area contributed by atoms with Crippen LogP contribution in [0, 0.1) is 19.8 Å². The van der Waals surface area contributed by atoms with Crippen molar-refractivity contribution in [2.45, 2.75) is 53.1 Å². The van der Waals surface area contributed by atoms with E-state index in [1.54, 1.807) is 29.6 Å². The Morgan fingerprint density at radius 1 is 0.973 bits per heavy atom. The molecule has 0 saturated heterocycles. The van der Waals surface area contributed by atoms with E-state index in [4.69, 9.17) is 18.9 Å². The van der Waals surface area contributed by atoms with Gasteiger partial charge in [0.2, 0.25) is 6.79 Å². The van der Waals surface area contributed by atoms with Gasteiger partial charge < -0.3 is 18.9 Å². The number of carbonyl (C=O) groups is 3. The Morgan fingerprint density at radius 3 is 2.11 bits per heavy atom. The highest BCUT2D eigenvalue weighted by Gasteiger charge is 2.30. The second-order valence-corrected chi connectivity index (χ2v) is 11.3. The number of pyridine rings is 1. The SMILES string of the molecule is COc1ccnc(C(=O)C[C@@H](C)C(=O)O[C@@H](C)C(c2ccc(C)s2)c2ccc(C)s2)c1OCOC(C)=O. The molecule has 10 heteroatoms. The summed E-state index contributed by atoms with van der Waals surface area (Å²) in [6.45, 7) is 8.46. The third kappa shape index (κ3) is 7.39. The molecule has 198 valence electrons. The van der Waals surface area contributed by atoms with Crippen LogP contribution in [0.1, 0.15) is 63.1 Å². The quantitative estimate of drug-likeness (QED) is 0.162. The monoisotopic (exact) mass is 545 g/mol. The first kappa shape index (κ1) is 28.3. The van der Waals surface area contributed by atoms with Crippen LogP contribution in [0.2, 0.25) is 0 Å². The maximum absolute atomic E-state index is 13.1. The molecule has 3 aromatic rings. The number of aryl methyl sites for hydroxylation is 2. The van der Waals surface area contributed by atoms with Crippen molar-refractivity contribution in [2.75, 3.05) is 13.9 Å². The van der Waals surface area contributed by atoms with E-state index in [1.807, 2.05) is 20.8 Å². The van der Waals surface area contributed by atoms with Gasteiger partial charge in [-0.3, -0.25) is 14.4 Å². The van der Waals surface area contributed by atoms with Crippen molar-refractivity contribution >= 4 is 40.4 Å². The van der Waals surface area contributed by atoms with Crippen LogP contribution < -0.4 is 9.47 Å². The van der Waals surface area contributed by atoms with E-state index in [2.05, 4.69) is 29.2 Å². The number of nitrogens with zero attached hydrogens (tertiary/aromatic N) is 1. The minimum absolute atomic E-state index is 0.0137. The fourth-order valence-corrected chi connectivity index (χ4v) is 6.02. The summed E-state index contributed by atoms with van der Waals surface area (Å²) in [5.41, 5.74) is -0.0137. The lowest BCUT2D eigenvalue weighted by atomic mass is 9.98. The molecule has 2 atom stereocenters. The first-order chi connectivity index (χ1) is 17.6. The van der Waals surface area contributed by atoms with E-state index in [0.717, 1.165) is 9.75 Å². The molecule has 0 fully saturated rings. The van der Waals surface area contributed by atoms with Gasteiger partial charge in [-0.05, 0) is 45.0 Å². The molecule has 37 heavy (non-hydrogen) atoms. The number of ether oxygens (including phenoxy) is 4. The Balaban J connectivity index is 1.72. The predicted octanol–water partition coefficient (Wildman–Crippen LogP) is 5.70. The van der Waals surface area contributed by atoms with Crippen molar-refractivity contribution in [3.8, 4) is 11.5 Å². The van der Waals surface area contributed by atoms with Gasteiger partial charge >= 0.3 is 11.9 Å². The summed E-state index contributed by atoms with van der Waals surface area (Å²) in [5.74, 6) is -1.94. The molecule has 0 aliphatic carbocycles. The smallest absolute Gasteiger partial charge is 0.309 e. The molecule has 0 amide bonds. The second-order valence-electron chi connectivity index (χ2n) is 8.63. The molecule has 0 saturated carbocycles. The van der Waals surface area contributed by atoms with E-state index in [0.29, 0.717) is 0 Å². The average Bonchev–Trinajstić information content (AvgIpc) is 3.46. The molecule has 0 spiro atoms. The van der Waals surface area contributed by atoms with Gasteiger partial charge in [0.25, 0.3) is 0 Å². The van der Waals surface area contributed by atoms with Crippen LogP contribution in [0.5, 0.6) is 11.5 Å². The molecule has 3 aromatic heterocycles. The summed E-state index contributed by atoms with van der Waals surface area (Å²) in [5, 5.41) is 0. The molecule has 3 rings (SSSR count). The van der Waals surface area contributed by atoms with Gasteiger partial charge in [0, 0.05) is 45.1 Å². The van der Waals surface area contributed by atoms with E-state index in [-0.39, 0.29) is 29.5 Å². The Kier molecular flexibility index (Phi) is 9.82. The zero-order valence-corrected chi connectivity index (χ0v) is 23.4. The number of Topliss-reactive ketones (excluding diaryl/α,β-unsaturated/α-hetero) is 1. The molecular weight excluding hydrogens is 514 g/mol. The number of thiophene rings is 2. The van der Waals surface area contributed by atoms with Crippen molar-refractivity contribution in [1.29, 1.82) is 0 Å². The van der Waals surface area contributed by atoms with Gasteiger partial charge in [0.15, 0.2) is 23.0 Å². The summed E-state index contributed by atoms with van der Waals surface area (Å²) < 4.78 is 21.4. The van der Waals surface area contributed by atoms with Crippen molar-refractivity contribution in [2.24, 2.45) is 5.92 Å². The Labute approximate surface area is 224 Å². The number of methoxy groups -OCH3 is 1. The zero-order valence-electron chi connectivity index (χ0n) is 21.7. The van der Waals surface area contributed by atoms with Gasteiger partial charge in [0.1, 0.15) is 6.10 Å². The lowest BCUT2D eigenvalue weighted by Crippen LogP contribution is -2.27. The van der Waals surface area contributed by atoms with Crippen LogP contribution in [0.3, 0.4) is 0 Å². The van der Waals surface area contributed by atoms with E-state index in [1.165, 1.54) is 36.1 Å². The number of rotatable bonds is 12. The molecule has 0 aliphatic heterocycles. The third-order valence-electron chi connectivity index (χ3n) is 5.62. The summed E-state index contributed by atoms with van der Waals surface area (Å²) >= 11 is 3.36. The van der Waals surface area contributed by atoms with Crippen LogP contribution in [-0.2, 0) is 19.1 Å². The van der Waals surface area contributed by atoms with Crippen LogP contribution in [0.25, 0.3) is 0 Å². The van der Waals surface area contributed by atoms with Crippen LogP contribution in [-0.4, -0.2) is 42.7 Å². The van der Waals surface area contributed by atoms with Crippen molar-refractivity contribution in [3.63, 3.8) is 0 Å². The standard InChI is InChI=1S/C27H31NO7S2/c1-15(13-20(30)25-26(34-14-33-19(5)29)21(32-6)11-12-28-25)27(31)35-18(4)24(22-9-7-16(2)36-22)23-10-8-17(3)37-23/h7-12,15,18,24H,13-14H2,1-6H3/t15-,18+/m1/s1. The first-order valence-electron chi connectivity index (χ1n) is 11.8. The predicted molar refractivity (Wildman–Crippen MR) is 142 cm³/mol. The Hall–Kier alpha value is -3.24. The van der Waals surface area contributed by atoms with Crippen molar-refractivity contribution in [3.05, 3.63) is 61.7 Å². The molecule has 0 unspecified atom stereocenters. The largest absolute Gasteiger partial charge is 0.493 e. The number of esters is 2. The molecule has 8 nitrogen and oxygen atoms in total. The number of hydrogen-bond acceptors (Lipinski definition) is 10. The minimum atomic E-state index is -0.722. The van der Waals surface area contributed by atoms with Crippen molar-refractivity contribution in [1.82, 2.24) is 4.98 Å². The Bertz CT molecular complexity index is 1210. The number of hydrogen-bond donors (Lipinski definition) is 0. The van der Waals surface area contributed by atoms with Gasteiger partial charge in [-0.15, -0.1) is 22.7 Å². The van der Waals surface area contributed by atoms with E-state index < -0.39 is 36.5 Å². The van der Waals surface area contributed by atoms with Crippen LogP contribution in [0.15, 0.2) is 36.5 Å². The lowest BCUT2D eigenvalue weighted by Gasteiger charge is -2.24.